The molecule has 1 heterocycles. The number of hydrogen-bond donors (Lipinski definition) is 2. The van der Waals surface area contributed by atoms with Crippen LogP contribution < -0.4 is 5.32 Å². The lowest BCUT2D eigenvalue weighted by Gasteiger charge is -2.07. The Labute approximate surface area is 120 Å². The Balaban J connectivity index is 1.96. The first kappa shape index (κ1) is 12.7. The zero-order valence-corrected chi connectivity index (χ0v) is 11.7. The number of hydrogen-bond acceptors (Lipinski definition) is 3. The Morgan fingerprint density at radius 2 is 2.10 bits per heavy atom. The van der Waals surface area contributed by atoms with Gasteiger partial charge in [-0.15, -0.1) is 0 Å². The highest BCUT2D eigenvalue weighted by molar-refractivity contribution is 7.99. The summed E-state index contributed by atoms with van der Waals surface area (Å²) in [6, 6.07) is 13.7. The molecule has 0 aliphatic carbocycles. The summed E-state index contributed by atoms with van der Waals surface area (Å²) in [4.78, 5) is 13.9. The number of carbonyl (C=O) groups is 1. The van der Waals surface area contributed by atoms with Gasteiger partial charge in [-0.25, -0.2) is 0 Å². The molecule has 100 valence electrons. The predicted molar refractivity (Wildman–Crippen MR) is 80.0 cm³/mol. The predicted octanol–water partition coefficient (Wildman–Crippen LogP) is 3.07. The zero-order valence-electron chi connectivity index (χ0n) is 10.9. The normalized spacial score (nSPS) is 10.7. The second kappa shape index (κ2) is 5.38. The van der Waals surface area contributed by atoms with Crippen molar-refractivity contribution < 1.29 is 4.79 Å². The molecule has 1 amide bonds. The largest absolute Gasteiger partial charge is 0.355 e. The van der Waals surface area contributed by atoms with Gasteiger partial charge in [0.25, 0.3) is 5.91 Å². The van der Waals surface area contributed by atoms with Gasteiger partial charge < -0.3 is 5.32 Å². The van der Waals surface area contributed by atoms with Crippen LogP contribution in [-0.2, 0) is 0 Å². The van der Waals surface area contributed by atoms with Gasteiger partial charge in [0.15, 0.2) is 0 Å². The lowest BCUT2D eigenvalue weighted by Crippen LogP contribution is -2.18. The van der Waals surface area contributed by atoms with Crippen molar-refractivity contribution in [3.05, 3.63) is 54.2 Å². The van der Waals surface area contributed by atoms with Gasteiger partial charge >= 0.3 is 0 Å². The highest BCUT2D eigenvalue weighted by Gasteiger charge is 2.10. The maximum absolute atomic E-state index is 11.9. The number of rotatable bonds is 3. The van der Waals surface area contributed by atoms with E-state index in [1.54, 1.807) is 25.0 Å². The smallest absolute Gasteiger partial charge is 0.252 e. The number of H-pyrrole nitrogens is 1. The fourth-order valence-corrected chi connectivity index (χ4v) is 2.98. The third-order valence-corrected chi connectivity index (χ3v) is 4.06. The van der Waals surface area contributed by atoms with Gasteiger partial charge in [-0.05, 0) is 30.3 Å². The van der Waals surface area contributed by atoms with Crippen molar-refractivity contribution in [2.75, 3.05) is 7.05 Å². The van der Waals surface area contributed by atoms with Crippen molar-refractivity contribution >= 4 is 28.6 Å². The van der Waals surface area contributed by atoms with Crippen LogP contribution >= 0.6 is 11.8 Å². The van der Waals surface area contributed by atoms with E-state index in [-0.39, 0.29) is 5.91 Å². The first-order valence-corrected chi connectivity index (χ1v) is 7.01. The first-order chi connectivity index (χ1) is 9.78. The fraction of sp³-hybridized carbons (Fsp3) is 0.0667. The Hall–Kier alpha value is -2.27. The summed E-state index contributed by atoms with van der Waals surface area (Å²) in [7, 11) is 1.64. The lowest BCUT2D eigenvalue weighted by atomic mass is 10.2. The molecular weight excluding hydrogens is 270 g/mol. The topological polar surface area (TPSA) is 57.8 Å². The molecule has 3 aromatic rings. The molecule has 0 fully saturated rings. The Morgan fingerprint density at radius 3 is 2.95 bits per heavy atom. The standard InChI is InChI=1S/C15H13N3OS/c1-16-15(19)12-4-2-3-5-14(12)20-11-6-7-13-10(8-11)9-17-18-13/h2-9H,1H3,(H,16,19)(H,17,18). The van der Waals surface area contributed by atoms with Crippen molar-refractivity contribution in [2.24, 2.45) is 0 Å². The average molecular weight is 283 g/mol. The van der Waals surface area contributed by atoms with E-state index in [1.165, 1.54) is 0 Å². The molecule has 0 saturated heterocycles. The van der Waals surface area contributed by atoms with Gasteiger partial charge in [0.05, 0.1) is 17.3 Å². The Morgan fingerprint density at radius 1 is 1.25 bits per heavy atom. The van der Waals surface area contributed by atoms with Crippen molar-refractivity contribution in [1.82, 2.24) is 15.5 Å². The number of benzene rings is 2. The summed E-state index contributed by atoms with van der Waals surface area (Å²) < 4.78 is 0. The van der Waals surface area contributed by atoms with Crippen LogP contribution in [0.3, 0.4) is 0 Å². The summed E-state index contributed by atoms with van der Waals surface area (Å²) in [5.74, 6) is -0.0718. The van der Waals surface area contributed by atoms with Crippen molar-refractivity contribution in [1.29, 1.82) is 0 Å². The molecule has 1 aromatic heterocycles. The number of nitrogens with zero attached hydrogens (tertiary/aromatic N) is 1. The number of aromatic nitrogens is 2. The molecule has 0 radical (unpaired) electrons. The molecule has 4 nitrogen and oxygen atoms in total. The van der Waals surface area contributed by atoms with Gasteiger partial charge in [0.2, 0.25) is 0 Å². The summed E-state index contributed by atoms with van der Waals surface area (Å²) in [5.41, 5.74) is 1.70. The number of carbonyl (C=O) groups excluding carboxylic acids is 1. The van der Waals surface area contributed by atoms with E-state index in [4.69, 9.17) is 0 Å². The van der Waals surface area contributed by atoms with E-state index in [9.17, 15) is 4.79 Å². The van der Waals surface area contributed by atoms with E-state index >= 15 is 0 Å². The molecule has 2 aromatic carbocycles. The molecule has 3 rings (SSSR count). The van der Waals surface area contributed by atoms with Crippen LogP contribution in [0.5, 0.6) is 0 Å². The van der Waals surface area contributed by atoms with Crippen LogP contribution in [0.1, 0.15) is 10.4 Å². The van der Waals surface area contributed by atoms with Crippen LogP contribution in [0.2, 0.25) is 0 Å². The van der Waals surface area contributed by atoms with E-state index in [0.29, 0.717) is 5.56 Å². The van der Waals surface area contributed by atoms with Crippen molar-refractivity contribution in [3.8, 4) is 0 Å². The van der Waals surface area contributed by atoms with Gasteiger partial charge in [-0.2, -0.15) is 5.10 Å². The Bertz CT molecular complexity index is 766. The molecule has 5 heteroatoms. The highest BCUT2D eigenvalue weighted by Crippen LogP contribution is 2.31. The van der Waals surface area contributed by atoms with Crippen molar-refractivity contribution in [2.45, 2.75) is 9.79 Å². The third-order valence-electron chi connectivity index (χ3n) is 3.00. The van der Waals surface area contributed by atoms with Gasteiger partial charge in [0.1, 0.15) is 0 Å². The van der Waals surface area contributed by atoms with Gasteiger partial charge in [0, 0.05) is 22.2 Å². The third kappa shape index (κ3) is 2.40. The molecular formula is C15H13N3OS. The van der Waals surface area contributed by atoms with Crippen molar-refractivity contribution in [3.63, 3.8) is 0 Å². The Kier molecular flexibility index (Phi) is 3.43. The maximum Gasteiger partial charge on any atom is 0.252 e. The number of aromatic amines is 1. The molecule has 0 aliphatic heterocycles. The second-order valence-corrected chi connectivity index (χ2v) is 5.41. The minimum atomic E-state index is -0.0718. The van der Waals surface area contributed by atoms with E-state index < -0.39 is 0 Å². The quantitative estimate of drug-likeness (QED) is 0.776. The molecule has 0 aliphatic rings. The fourth-order valence-electron chi connectivity index (χ4n) is 1.99. The molecule has 2 N–H and O–H groups in total. The zero-order chi connectivity index (χ0) is 13.9. The number of amides is 1. The van der Waals surface area contributed by atoms with Crippen LogP contribution in [0.4, 0.5) is 0 Å². The molecule has 0 unspecified atom stereocenters. The van der Waals surface area contributed by atoms with E-state index in [2.05, 4.69) is 21.6 Å². The summed E-state index contributed by atoms with van der Waals surface area (Å²) in [5, 5.41) is 10.7. The molecule has 0 atom stereocenters. The lowest BCUT2D eigenvalue weighted by molar-refractivity contribution is 0.0960. The maximum atomic E-state index is 11.9. The molecule has 0 spiro atoms. The SMILES string of the molecule is CNC(=O)c1ccccc1Sc1ccc2[nH]ncc2c1. The van der Waals surface area contributed by atoms with Crippen LogP contribution in [0.15, 0.2) is 58.5 Å². The number of fused-ring (bicyclic) bond motifs is 1. The minimum absolute atomic E-state index is 0.0718. The summed E-state index contributed by atoms with van der Waals surface area (Å²) in [6.45, 7) is 0. The first-order valence-electron chi connectivity index (χ1n) is 6.20. The van der Waals surface area contributed by atoms with Crippen LogP contribution in [-0.4, -0.2) is 23.2 Å². The summed E-state index contributed by atoms with van der Waals surface area (Å²) >= 11 is 1.57. The van der Waals surface area contributed by atoms with Crippen LogP contribution in [0, 0.1) is 0 Å². The molecule has 0 bridgehead atoms. The molecule has 20 heavy (non-hydrogen) atoms. The van der Waals surface area contributed by atoms with E-state index in [0.717, 1.165) is 20.7 Å². The molecule has 0 saturated carbocycles. The highest BCUT2D eigenvalue weighted by atomic mass is 32.2. The minimum Gasteiger partial charge on any atom is -0.355 e. The summed E-state index contributed by atoms with van der Waals surface area (Å²) in [6.07, 6.45) is 1.80. The van der Waals surface area contributed by atoms with Crippen LogP contribution in [0.25, 0.3) is 10.9 Å². The average Bonchev–Trinajstić information content (AvgIpc) is 2.94. The van der Waals surface area contributed by atoms with E-state index in [1.807, 2.05) is 36.4 Å². The monoisotopic (exact) mass is 283 g/mol. The van der Waals surface area contributed by atoms with Gasteiger partial charge in [-0.3, -0.25) is 9.89 Å². The number of nitrogens with one attached hydrogen (secondary N) is 2. The van der Waals surface area contributed by atoms with Gasteiger partial charge in [-0.1, -0.05) is 23.9 Å². The second-order valence-electron chi connectivity index (χ2n) is 4.30.